The van der Waals surface area contributed by atoms with Gasteiger partial charge in [-0.15, -0.1) is 5.10 Å². The van der Waals surface area contributed by atoms with Crippen LogP contribution in [0.2, 0.25) is 0 Å². The SMILES string of the molecule is COC(=O)C(NC(=O)N1C(=O)C2(c3cc(C#CCn4nnc5ccccc54)ccc31)C(C(=O)N1CCN(Cc3ccc4c(c3)OCO4)CC1)C1C(=O)OC(c3ccccc3)C(c3ccccc3)N1C2c1ccccc1OCCO)C(C)C. The minimum absolute atomic E-state index is 0.108. The first-order valence-corrected chi connectivity index (χ1v) is 27.4. The molecule has 3 fully saturated rings. The molecule has 19 nitrogen and oxygen atoms in total. The van der Waals surface area contributed by atoms with Crippen LogP contribution in [-0.2, 0) is 47.2 Å². The van der Waals surface area contributed by atoms with Gasteiger partial charge in [-0.25, -0.2) is 19.2 Å². The van der Waals surface area contributed by atoms with E-state index in [9.17, 15) is 9.90 Å². The Morgan fingerprint density at radius 1 is 0.817 bits per heavy atom. The van der Waals surface area contributed by atoms with Crippen LogP contribution in [0.5, 0.6) is 17.2 Å². The second-order valence-corrected chi connectivity index (χ2v) is 21.3. The number of methoxy groups -OCH3 is 1. The third-order valence-corrected chi connectivity index (χ3v) is 16.3. The van der Waals surface area contributed by atoms with Crippen LogP contribution >= 0.6 is 0 Å². The molecule has 0 saturated carbocycles. The van der Waals surface area contributed by atoms with E-state index in [1.54, 1.807) is 65.9 Å². The molecular formula is C63H60N8O11. The van der Waals surface area contributed by atoms with Gasteiger partial charge in [0.2, 0.25) is 18.6 Å². The molecule has 6 aromatic carbocycles. The molecular weight excluding hydrogens is 1040 g/mol. The summed E-state index contributed by atoms with van der Waals surface area (Å²) in [6, 6.07) is 38.5. The summed E-state index contributed by atoms with van der Waals surface area (Å²) in [5.74, 6) is 3.22. The first-order chi connectivity index (χ1) is 40.0. The molecule has 0 aliphatic carbocycles. The van der Waals surface area contributed by atoms with Gasteiger partial charge in [0.25, 0.3) is 0 Å². The van der Waals surface area contributed by atoms with E-state index in [1.807, 2.05) is 108 Å². The van der Waals surface area contributed by atoms with Crippen molar-refractivity contribution >= 4 is 46.5 Å². The van der Waals surface area contributed by atoms with Gasteiger partial charge in [-0.2, -0.15) is 0 Å². The summed E-state index contributed by atoms with van der Waals surface area (Å²) >= 11 is 0. The molecule has 19 heteroatoms. The fourth-order valence-electron chi connectivity index (χ4n) is 12.6. The molecule has 418 valence electrons. The van der Waals surface area contributed by atoms with Crippen LogP contribution in [0.25, 0.3) is 11.0 Å². The number of amides is 4. The maximum absolute atomic E-state index is 17.1. The van der Waals surface area contributed by atoms with Crippen LogP contribution in [-0.4, -0.2) is 130 Å². The number of aliphatic hydroxyl groups excluding tert-OH is 1. The molecule has 0 radical (unpaired) electrons. The number of carbonyl (C=O) groups excluding carboxylic acids is 5. The van der Waals surface area contributed by atoms with E-state index in [2.05, 4.69) is 32.4 Å². The molecule has 6 heterocycles. The topological polar surface area (TPSA) is 207 Å². The first kappa shape index (κ1) is 53.5. The lowest BCUT2D eigenvalue weighted by Gasteiger charge is -2.46. The van der Waals surface area contributed by atoms with Gasteiger partial charge in [0, 0.05) is 43.9 Å². The largest absolute Gasteiger partial charge is 0.491 e. The number of urea groups is 1. The number of para-hydroxylation sites is 2. The molecule has 1 spiro atoms. The summed E-state index contributed by atoms with van der Waals surface area (Å²) in [6.45, 7) is 5.14. The Labute approximate surface area is 473 Å². The van der Waals surface area contributed by atoms with Gasteiger partial charge in [-0.3, -0.25) is 24.2 Å². The van der Waals surface area contributed by atoms with Crippen LogP contribution < -0.4 is 24.4 Å². The number of rotatable bonds is 13. The summed E-state index contributed by atoms with van der Waals surface area (Å²) in [6.07, 6.45) is -0.988. The Bertz CT molecular complexity index is 3650. The zero-order valence-electron chi connectivity index (χ0n) is 45.4. The summed E-state index contributed by atoms with van der Waals surface area (Å²) in [5, 5.41) is 21.7. The Kier molecular flexibility index (Phi) is 14.7. The van der Waals surface area contributed by atoms with Crippen molar-refractivity contribution in [3.63, 3.8) is 0 Å². The van der Waals surface area contributed by atoms with Crippen molar-refractivity contribution in [2.45, 2.75) is 62.6 Å². The Morgan fingerprint density at radius 3 is 2.29 bits per heavy atom. The van der Waals surface area contributed by atoms with Crippen LogP contribution in [0.15, 0.2) is 146 Å². The van der Waals surface area contributed by atoms with Crippen LogP contribution in [0.4, 0.5) is 10.5 Å². The maximum Gasteiger partial charge on any atom is 0.329 e. The van der Waals surface area contributed by atoms with Crippen molar-refractivity contribution < 1.29 is 52.8 Å². The van der Waals surface area contributed by atoms with Gasteiger partial charge in [0.1, 0.15) is 48.0 Å². The van der Waals surface area contributed by atoms with E-state index in [4.69, 9.17) is 23.7 Å². The number of cyclic esters (lactones) is 1. The van der Waals surface area contributed by atoms with Crippen molar-refractivity contribution in [2.24, 2.45) is 11.8 Å². The molecule has 7 atom stereocenters. The highest BCUT2D eigenvalue weighted by molar-refractivity contribution is 6.25. The molecule has 5 aliphatic heterocycles. The summed E-state index contributed by atoms with van der Waals surface area (Å²) in [4.78, 5) is 85.5. The second-order valence-electron chi connectivity index (χ2n) is 21.3. The minimum Gasteiger partial charge on any atom is -0.491 e. The monoisotopic (exact) mass is 1100 g/mol. The van der Waals surface area contributed by atoms with Gasteiger partial charge in [-0.1, -0.05) is 128 Å². The molecule has 3 saturated heterocycles. The number of nitrogens with one attached hydrogen (secondary N) is 1. The number of nitrogens with zero attached hydrogens (tertiary/aromatic N) is 7. The summed E-state index contributed by atoms with van der Waals surface area (Å²) in [7, 11) is 1.22. The van der Waals surface area contributed by atoms with Gasteiger partial charge >= 0.3 is 18.0 Å². The number of aliphatic hydroxyl groups is 1. The van der Waals surface area contributed by atoms with Gasteiger partial charge in [-0.05, 0) is 76.7 Å². The number of ether oxygens (including phenoxy) is 5. The van der Waals surface area contributed by atoms with Gasteiger partial charge < -0.3 is 39.0 Å². The standard InChI is InChI=1S/C63H60N8O11/c1-39(2)53(59(74)78-3)64-62(77)70-47-26-24-40(15-14-28-69-48-22-12-11-21-46(48)65-66-69)35-45(47)63(61(70)76)52(58(73)68-31-29-67(30-32-68)37-41-25-27-50-51(36-41)81-38-80-50)55-60(75)82-56(43-18-8-5-9-19-43)54(42-16-6-4-7-17-42)71(55)57(63)44-20-10-13-23-49(44)79-34-33-72/h4-13,16-27,35-36,39,52-57,72H,28-34,37-38H2,1-3H3,(H,64,77). The first-order valence-electron chi connectivity index (χ1n) is 27.4. The third kappa shape index (κ3) is 9.41. The molecule has 2 N–H and O–H groups in total. The minimum atomic E-state index is -2.17. The summed E-state index contributed by atoms with van der Waals surface area (Å²) in [5.41, 5.74) is 2.84. The molecule has 7 aromatic rings. The smallest absolute Gasteiger partial charge is 0.329 e. The Balaban J connectivity index is 1.08. The lowest BCUT2D eigenvalue weighted by Crippen LogP contribution is -2.59. The number of esters is 2. The summed E-state index contributed by atoms with van der Waals surface area (Å²) < 4.78 is 31.2. The van der Waals surface area contributed by atoms with E-state index in [1.165, 1.54) is 7.11 Å². The average molecular weight is 1110 g/mol. The van der Waals surface area contributed by atoms with Crippen LogP contribution in [0.3, 0.4) is 0 Å². The quantitative estimate of drug-likeness (QED) is 0.0934. The fourth-order valence-corrected chi connectivity index (χ4v) is 12.6. The van der Waals surface area contributed by atoms with Crippen LogP contribution in [0, 0.1) is 23.7 Å². The Hall–Kier alpha value is -9.09. The molecule has 5 aliphatic rings. The number of piperazine rings is 1. The molecule has 82 heavy (non-hydrogen) atoms. The number of hydrogen-bond acceptors (Lipinski definition) is 15. The van der Waals surface area contributed by atoms with Crippen LogP contribution in [0.1, 0.15) is 65.4 Å². The number of fused-ring (bicyclic) bond motifs is 5. The van der Waals surface area contributed by atoms with Gasteiger partial charge in [0.05, 0.1) is 42.9 Å². The van der Waals surface area contributed by atoms with Crippen molar-refractivity contribution in [2.75, 3.05) is 58.2 Å². The third-order valence-electron chi connectivity index (χ3n) is 16.3. The normalized spacial score (nSPS) is 22.3. The number of hydrogen-bond donors (Lipinski definition) is 2. The van der Waals surface area contributed by atoms with Crippen molar-refractivity contribution in [1.82, 2.24) is 35.0 Å². The highest BCUT2D eigenvalue weighted by Gasteiger charge is 2.76. The molecule has 7 unspecified atom stereocenters. The molecule has 12 rings (SSSR count). The maximum atomic E-state index is 17.1. The second kappa shape index (κ2) is 22.4. The van der Waals surface area contributed by atoms with Crippen molar-refractivity contribution in [3.05, 3.63) is 179 Å². The number of morpholine rings is 1. The van der Waals surface area contributed by atoms with E-state index < -0.39 is 77.3 Å². The van der Waals surface area contributed by atoms with Gasteiger partial charge in [0.15, 0.2) is 11.5 Å². The molecule has 0 bridgehead atoms. The Morgan fingerprint density at radius 2 is 1.54 bits per heavy atom. The van der Waals surface area contributed by atoms with E-state index >= 15 is 19.2 Å². The highest BCUT2D eigenvalue weighted by atomic mass is 16.7. The average Bonchev–Trinajstić information content (AvgIpc) is 2.32. The van der Waals surface area contributed by atoms with E-state index in [0.717, 1.165) is 16.0 Å². The lowest BCUT2D eigenvalue weighted by atomic mass is 9.64. The number of carbonyl (C=O) groups is 5. The predicted molar refractivity (Wildman–Crippen MR) is 299 cm³/mol. The number of anilines is 1. The van der Waals surface area contributed by atoms with E-state index in [0.29, 0.717) is 58.9 Å². The van der Waals surface area contributed by atoms with Crippen molar-refractivity contribution in [1.29, 1.82) is 0 Å². The lowest BCUT2D eigenvalue weighted by molar-refractivity contribution is -0.179. The highest BCUT2D eigenvalue weighted by Crippen LogP contribution is 2.67. The predicted octanol–water partition coefficient (Wildman–Crippen LogP) is 6.50. The number of imide groups is 1. The molecule has 4 amide bonds. The zero-order chi connectivity index (χ0) is 56.6. The fraction of sp³-hybridized carbons (Fsp3) is 0.317. The zero-order valence-corrected chi connectivity index (χ0v) is 45.4. The molecule has 1 aromatic heterocycles. The number of aromatic nitrogens is 3. The van der Waals surface area contributed by atoms with E-state index in [-0.39, 0.29) is 56.6 Å². The number of benzene rings is 6. The van der Waals surface area contributed by atoms with Crippen molar-refractivity contribution in [3.8, 4) is 29.1 Å².